The number of anilines is 1. The fourth-order valence-electron chi connectivity index (χ4n) is 2.81. The van der Waals surface area contributed by atoms with Crippen LogP contribution in [0.15, 0.2) is 53.7 Å². The second-order valence-electron chi connectivity index (χ2n) is 6.57. The summed E-state index contributed by atoms with van der Waals surface area (Å²) in [5.74, 6) is 7.16. The lowest BCUT2D eigenvalue weighted by molar-refractivity contribution is -0.113. The first-order chi connectivity index (χ1) is 13.0. The molecule has 1 heterocycles. The molecule has 27 heavy (non-hydrogen) atoms. The zero-order chi connectivity index (χ0) is 19.4. The Balaban J connectivity index is 1.68. The van der Waals surface area contributed by atoms with Crippen LogP contribution in [0.1, 0.15) is 30.9 Å². The van der Waals surface area contributed by atoms with Gasteiger partial charge in [-0.2, -0.15) is 0 Å². The number of rotatable bonds is 6. The highest BCUT2D eigenvalue weighted by Crippen LogP contribution is 2.26. The summed E-state index contributed by atoms with van der Waals surface area (Å²) < 4.78 is 1.43. The number of para-hydroxylation sites is 1. The van der Waals surface area contributed by atoms with Crippen LogP contribution in [0.2, 0.25) is 0 Å². The number of aromatic nitrogens is 3. The van der Waals surface area contributed by atoms with E-state index in [1.807, 2.05) is 55.5 Å². The van der Waals surface area contributed by atoms with Crippen molar-refractivity contribution in [3.63, 3.8) is 0 Å². The third-order valence-electron chi connectivity index (χ3n) is 4.24. The molecule has 2 aromatic carbocycles. The Hall–Kier alpha value is -2.80. The highest BCUT2D eigenvalue weighted by Gasteiger charge is 2.15. The lowest BCUT2D eigenvalue weighted by Gasteiger charge is -2.13. The number of nitrogens with zero attached hydrogens (tertiary/aromatic N) is 3. The first-order valence-corrected chi connectivity index (χ1v) is 9.74. The number of thioether (sulfide) groups is 1. The molecule has 140 valence electrons. The predicted molar refractivity (Wildman–Crippen MR) is 110 cm³/mol. The summed E-state index contributed by atoms with van der Waals surface area (Å²) in [6.45, 7) is 6.20. The van der Waals surface area contributed by atoms with E-state index in [1.54, 1.807) is 0 Å². The van der Waals surface area contributed by atoms with Gasteiger partial charge in [0.15, 0.2) is 5.82 Å². The minimum absolute atomic E-state index is 0.103. The van der Waals surface area contributed by atoms with Crippen LogP contribution in [0.25, 0.3) is 11.4 Å². The highest BCUT2D eigenvalue weighted by molar-refractivity contribution is 7.99. The molecule has 0 aliphatic carbocycles. The SMILES string of the molecule is Cc1ccccc1-c1nnc(SCC(=O)Nc2ccccc2C(C)C)n1N. The van der Waals surface area contributed by atoms with Gasteiger partial charge in [-0.05, 0) is 30.0 Å². The normalized spacial score (nSPS) is 11.0. The fraction of sp³-hybridized carbons (Fsp3) is 0.250. The number of aryl methyl sites for hydroxylation is 1. The zero-order valence-corrected chi connectivity index (χ0v) is 16.5. The zero-order valence-electron chi connectivity index (χ0n) is 15.6. The van der Waals surface area contributed by atoms with E-state index in [0.717, 1.165) is 22.4 Å². The topological polar surface area (TPSA) is 85.8 Å². The molecule has 0 saturated heterocycles. The predicted octanol–water partition coefficient (Wildman–Crippen LogP) is 3.82. The second-order valence-corrected chi connectivity index (χ2v) is 7.51. The summed E-state index contributed by atoms with van der Waals surface area (Å²) in [4.78, 5) is 12.4. The van der Waals surface area contributed by atoms with Crippen molar-refractivity contribution in [1.29, 1.82) is 0 Å². The molecule has 0 radical (unpaired) electrons. The van der Waals surface area contributed by atoms with Crippen molar-refractivity contribution in [3.05, 3.63) is 59.7 Å². The second kappa shape index (κ2) is 8.26. The molecule has 7 heteroatoms. The number of carbonyl (C=O) groups excluding carboxylic acids is 1. The molecule has 6 nitrogen and oxygen atoms in total. The lowest BCUT2D eigenvalue weighted by atomic mass is 10.0. The van der Waals surface area contributed by atoms with E-state index in [0.29, 0.717) is 16.9 Å². The van der Waals surface area contributed by atoms with Gasteiger partial charge in [0.25, 0.3) is 0 Å². The molecule has 0 saturated carbocycles. The van der Waals surface area contributed by atoms with E-state index in [9.17, 15) is 4.79 Å². The lowest BCUT2D eigenvalue weighted by Crippen LogP contribution is -2.17. The van der Waals surface area contributed by atoms with Crippen LogP contribution in [0.5, 0.6) is 0 Å². The number of nitrogen functional groups attached to an aromatic ring is 1. The van der Waals surface area contributed by atoms with Crippen molar-refractivity contribution in [2.75, 3.05) is 16.9 Å². The minimum Gasteiger partial charge on any atom is -0.335 e. The number of hydrogen-bond donors (Lipinski definition) is 2. The molecule has 0 bridgehead atoms. The van der Waals surface area contributed by atoms with E-state index < -0.39 is 0 Å². The van der Waals surface area contributed by atoms with Crippen LogP contribution in [-0.4, -0.2) is 26.5 Å². The van der Waals surface area contributed by atoms with Crippen molar-refractivity contribution in [1.82, 2.24) is 14.9 Å². The van der Waals surface area contributed by atoms with Gasteiger partial charge in [-0.3, -0.25) is 4.79 Å². The van der Waals surface area contributed by atoms with Gasteiger partial charge in [-0.25, -0.2) is 4.68 Å². The van der Waals surface area contributed by atoms with E-state index in [-0.39, 0.29) is 11.7 Å². The van der Waals surface area contributed by atoms with Crippen LogP contribution < -0.4 is 11.2 Å². The number of benzene rings is 2. The third-order valence-corrected chi connectivity index (χ3v) is 5.18. The first kappa shape index (κ1) is 19.0. The van der Waals surface area contributed by atoms with Crippen LogP contribution in [0.4, 0.5) is 5.69 Å². The Kier molecular flexibility index (Phi) is 5.81. The van der Waals surface area contributed by atoms with E-state index in [2.05, 4.69) is 29.4 Å². The van der Waals surface area contributed by atoms with Gasteiger partial charge in [-0.1, -0.05) is 68.1 Å². The van der Waals surface area contributed by atoms with E-state index >= 15 is 0 Å². The van der Waals surface area contributed by atoms with Gasteiger partial charge in [0.05, 0.1) is 5.75 Å². The van der Waals surface area contributed by atoms with Crippen LogP contribution >= 0.6 is 11.8 Å². The van der Waals surface area contributed by atoms with Crippen molar-refractivity contribution in [2.45, 2.75) is 31.8 Å². The average molecular weight is 382 g/mol. The number of nitrogens with two attached hydrogens (primary N) is 1. The summed E-state index contributed by atoms with van der Waals surface area (Å²) in [7, 11) is 0. The van der Waals surface area contributed by atoms with Crippen LogP contribution in [0, 0.1) is 6.92 Å². The summed E-state index contributed by atoms with van der Waals surface area (Å²) in [5, 5.41) is 11.8. The number of amides is 1. The van der Waals surface area contributed by atoms with Gasteiger partial charge in [0, 0.05) is 11.3 Å². The van der Waals surface area contributed by atoms with E-state index in [1.165, 1.54) is 16.4 Å². The molecule has 1 aromatic heterocycles. The maximum absolute atomic E-state index is 12.4. The van der Waals surface area contributed by atoms with Gasteiger partial charge in [-0.15, -0.1) is 10.2 Å². The van der Waals surface area contributed by atoms with E-state index in [4.69, 9.17) is 5.84 Å². The Morgan fingerprint density at radius 3 is 2.59 bits per heavy atom. The molecule has 3 aromatic rings. The molecule has 0 atom stereocenters. The molecule has 0 aliphatic heterocycles. The van der Waals surface area contributed by atoms with Crippen molar-refractivity contribution < 1.29 is 4.79 Å². The molecular formula is C20H23N5OS. The fourth-order valence-corrected chi connectivity index (χ4v) is 3.47. The van der Waals surface area contributed by atoms with Gasteiger partial charge < -0.3 is 11.2 Å². The molecule has 0 aliphatic rings. The first-order valence-electron chi connectivity index (χ1n) is 8.75. The maximum Gasteiger partial charge on any atom is 0.234 e. The molecule has 3 N–H and O–H groups in total. The van der Waals surface area contributed by atoms with Crippen LogP contribution in [0.3, 0.4) is 0 Å². The van der Waals surface area contributed by atoms with Crippen molar-refractivity contribution in [3.8, 4) is 11.4 Å². The number of nitrogens with one attached hydrogen (secondary N) is 1. The summed E-state index contributed by atoms with van der Waals surface area (Å²) in [6, 6.07) is 15.7. The molecule has 0 spiro atoms. The van der Waals surface area contributed by atoms with Crippen molar-refractivity contribution >= 4 is 23.4 Å². The van der Waals surface area contributed by atoms with Gasteiger partial charge >= 0.3 is 0 Å². The summed E-state index contributed by atoms with van der Waals surface area (Å²) in [5.41, 5.74) is 3.94. The molecule has 0 unspecified atom stereocenters. The standard InChI is InChI=1S/C20H23N5OS/c1-13(2)15-9-6-7-11-17(15)22-18(26)12-27-20-24-23-19(25(20)21)16-10-5-4-8-14(16)3/h4-11,13H,12,21H2,1-3H3,(H,22,26). The Morgan fingerprint density at radius 1 is 1.15 bits per heavy atom. The molecular weight excluding hydrogens is 358 g/mol. The Morgan fingerprint density at radius 2 is 1.85 bits per heavy atom. The summed E-state index contributed by atoms with van der Waals surface area (Å²) in [6.07, 6.45) is 0. The molecule has 0 fully saturated rings. The summed E-state index contributed by atoms with van der Waals surface area (Å²) >= 11 is 1.26. The van der Waals surface area contributed by atoms with Gasteiger partial charge in [0.1, 0.15) is 0 Å². The molecule has 1 amide bonds. The monoisotopic (exact) mass is 381 g/mol. The minimum atomic E-state index is -0.103. The van der Waals surface area contributed by atoms with Crippen molar-refractivity contribution in [2.24, 2.45) is 0 Å². The van der Waals surface area contributed by atoms with Crippen LogP contribution in [-0.2, 0) is 4.79 Å². The quantitative estimate of drug-likeness (QED) is 0.501. The third kappa shape index (κ3) is 4.31. The highest BCUT2D eigenvalue weighted by atomic mass is 32.2. The average Bonchev–Trinajstić information content (AvgIpc) is 3.01. The Labute approximate surface area is 163 Å². The molecule has 3 rings (SSSR count). The maximum atomic E-state index is 12.4. The Bertz CT molecular complexity index is 951. The largest absolute Gasteiger partial charge is 0.335 e. The smallest absolute Gasteiger partial charge is 0.234 e. The van der Waals surface area contributed by atoms with Gasteiger partial charge in [0.2, 0.25) is 11.1 Å². The number of hydrogen-bond acceptors (Lipinski definition) is 5. The number of carbonyl (C=O) groups is 1.